The maximum absolute atomic E-state index is 6.13. The standard InChI is InChI=1S/C16H32N2O/c1-15(2)12-14(16(3,4)19-15)17-10-11-18(5)13-8-6-7-9-13/h13-14,17H,6-12H2,1-5H3. The summed E-state index contributed by atoms with van der Waals surface area (Å²) in [4.78, 5) is 2.54. The fraction of sp³-hybridized carbons (Fsp3) is 1.00. The third-order valence-corrected chi connectivity index (χ3v) is 4.88. The van der Waals surface area contributed by atoms with Gasteiger partial charge in [-0.1, -0.05) is 12.8 Å². The average Bonchev–Trinajstić information content (AvgIpc) is 2.84. The molecule has 1 atom stereocenters. The maximum atomic E-state index is 6.13. The molecule has 3 nitrogen and oxygen atoms in total. The Morgan fingerprint density at radius 1 is 1.16 bits per heavy atom. The average molecular weight is 268 g/mol. The minimum Gasteiger partial charge on any atom is -0.368 e. The normalized spacial score (nSPS) is 30.3. The van der Waals surface area contributed by atoms with Crippen LogP contribution < -0.4 is 5.32 Å². The zero-order valence-corrected chi connectivity index (χ0v) is 13.5. The molecule has 0 amide bonds. The van der Waals surface area contributed by atoms with Crippen molar-refractivity contribution >= 4 is 0 Å². The molecule has 0 spiro atoms. The van der Waals surface area contributed by atoms with Crippen LogP contribution in [0, 0.1) is 0 Å². The Morgan fingerprint density at radius 2 is 1.79 bits per heavy atom. The number of hydrogen-bond donors (Lipinski definition) is 1. The van der Waals surface area contributed by atoms with E-state index in [0.29, 0.717) is 6.04 Å². The quantitative estimate of drug-likeness (QED) is 0.830. The molecule has 1 heterocycles. The highest BCUT2D eigenvalue weighted by atomic mass is 16.5. The predicted molar refractivity (Wildman–Crippen MR) is 80.5 cm³/mol. The van der Waals surface area contributed by atoms with Crippen molar-refractivity contribution in [1.82, 2.24) is 10.2 Å². The fourth-order valence-electron chi connectivity index (χ4n) is 3.82. The van der Waals surface area contributed by atoms with E-state index in [0.717, 1.165) is 25.6 Å². The highest BCUT2D eigenvalue weighted by molar-refractivity contribution is 4.98. The number of hydrogen-bond acceptors (Lipinski definition) is 3. The maximum Gasteiger partial charge on any atom is 0.0787 e. The molecule has 0 radical (unpaired) electrons. The van der Waals surface area contributed by atoms with E-state index < -0.39 is 0 Å². The van der Waals surface area contributed by atoms with Crippen molar-refractivity contribution < 1.29 is 4.74 Å². The molecule has 1 N–H and O–H groups in total. The van der Waals surface area contributed by atoms with Crippen molar-refractivity contribution in [2.45, 2.75) is 83.1 Å². The molecule has 0 bridgehead atoms. The molecule has 0 aromatic carbocycles. The third kappa shape index (κ3) is 3.93. The minimum absolute atomic E-state index is 0.0124. The fourth-order valence-corrected chi connectivity index (χ4v) is 3.82. The molecule has 1 unspecified atom stereocenters. The summed E-state index contributed by atoms with van der Waals surface area (Å²) in [7, 11) is 2.28. The molecular formula is C16H32N2O. The number of rotatable bonds is 5. The van der Waals surface area contributed by atoms with E-state index in [4.69, 9.17) is 4.74 Å². The lowest BCUT2D eigenvalue weighted by Gasteiger charge is -2.29. The molecular weight excluding hydrogens is 236 g/mol. The number of nitrogens with zero attached hydrogens (tertiary/aromatic N) is 1. The Bertz CT molecular complexity index is 295. The van der Waals surface area contributed by atoms with Crippen LogP contribution >= 0.6 is 0 Å². The lowest BCUT2D eigenvalue weighted by atomic mass is 9.94. The summed E-state index contributed by atoms with van der Waals surface area (Å²) < 4.78 is 6.13. The van der Waals surface area contributed by atoms with E-state index in [-0.39, 0.29) is 11.2 Å². The van der Waals surface area contributed by atoms with Crippen molar-refractivity contribution in [1.29, 1.82) is 0 Å². The molecule has 2 aliphatic rings. The third-order valence-electron chi connectivity index (χ3n) is 4.88. The monoisotopic (exact) mass is 268 g/mol. The first kappa shape index (κ1) is 15.3. The molecule has 112 valence electrons. The molecule has 3 heteroatoms. The second-order valence-electron chi connectivity index (χ2n) is 7.59. The summed E-state index contributed by atoms with van der Waals surface area (Å²) in [5.41, 5.74) is -0.0338. The second kappa shape index (κ2) is 5.71. The summed E-state index contributed by atoms with van der Waals surface area (Å²) in [6, 6.07) is 1.30. The van der Waals surface area contributed by atoms with E-state index in [2.05, 4.69) is 45.0 Å². The first-order valence-electron chi connectivity index (χ1n) is 7.94. The van der Waals surface area contributed by atoms with Gasteiger partial charge in [-0.05, 0) is 54.0 Å². The summed E-state index contributed by atoms with van der Waals surface area (Å²) in [5, 5.41) is 3.72. The van der Waals surface area contributed by atoms with Crippen molar-refractivity contribution in [2.75, 3.05) is 20.1 Å². The molecule has 0 aromatic heterocycles. The highest BCUT2D eigenvalue weighted by Crippen LogP contribution is 2.37. The van der Waals surface area contributed by atoms with Gasteiger partial charge in [0, 0.05) is 25.2 Å². The molecule has 1 aliphatic heterocycles. The van der Waals surface area contributed by atoms with Crippen LogP contribution in [0.25, 0.3) is 0 Å². The SMILES string of the molecule is CN(CCNC1CC(C)(C)OC1(C)C)C1CCCC1. The minimum atomic E-state index is -0.0462. The van der Waals surface area contributed by atoms with Gasteiger partial charge in [0.15, 0.2) is 0 Å². The first-order valence-corrected chi connectivity index (χ1v) is 7.94. The summed E-state index contributed by atoms with van der Waals surface area (Å²) >= 11 is 0. The predicted octanol–water partition coefficient (Wildman–Crippen LogP) is 2.80. The Balaban J connectivity index is 1.73. The van der Waals surface area contributed by atoms with Gasteiger partial charge in [0.05, 0.1) is 11.2 Å². The van der Waals surface area contributed by atoms with Gasteiger partial charge in [-0.15, -0.1) is 0 Å². The molecule has 1 saturated heterocycles. The Kier molecular flexibility index (Phi) is 4.59. The van der Waals surface area contributed by atoms with Crippen LogP contribution in [0.5, 0.6) is 0 Å². The zero-order chi connectivity index (χ0) is 14.1. The van der Waals surface area contributed by atoms with Crippen molar-refractivity contribution in [3.05, 3.63) is 0 Å². The molecule has 1 aliphatic carbocycles. The van der Waals surface area contributed by atoms with Gasteiger partial charge in [0.2, 0.25) is 0 Å². The summed E-state index contributed by atoms with van der Waals surface area (Å²) in [6.45, 7) is 11.0. The molecule has 2 rings (SSSR count). The zero-order valence-electron chi connectivity index (χ0n) is 13.5. The summed E-state index contributed by atoms with van der Waals surface area (Å²) in [5.74, 6) is 0. The van der Waals surface area contributed by atoms with E-state index >= 15 is 0 Å². The summed E-state index contributed by atoms with van der Waals surface area (Å²) in [6.07, 6.45) is 6.72. The number of likely N-dealkylation sites (N-methyl/N-ethyl adjacent to an activating group) is 1. The smallest absolute Gasteiger partial charge is 0.0787 e. The first-order chi connectivity index (χ1) is 8.80. The number of ether oxygens (including phenoxy) is 1. The van der Waals surface area contributed by atoms with Gasteiger partial charge in [-0.3, -0.25) is 0 Å². The van der Waals surface area contributed by atoms with Gasteiger partial charge < -0.3 is 15.0 Å². The van der Waals surface area contributed by atoms with E-state index in [1.54, 1.807) is 0 Å². The van der Waals surface area contributed by atoms with Crippen LogP contribution in [-0.4, -0.2) is 48.3 Å². The van der Waals surface area contributed by atoms with Crippen LogP contribution in [0.1, 0.15) is 59.8 Å². The lowest BCUT2D eigenvalue weighted by molar-refractivity contribution is -0.0698. The van der Waals surface area contributed by atoms with Crippen LogP contribution in [0.4, 0.5) is 0 Å². The van der Waals surface area contributed by atoms with Crippen molar-refractivity contribution in [3.8, 4) is 0 Å². The van der Waals surface area contributed by atoms with Gasteiger partial charge in [-0.25, -0.2) is 0 Å². The Hall–Kier alpha value is -0.120. The molecule has 19 heavy (non-hydrogen) atoms. The number of nitrogens with one attached hydrogen (secondary N) is 1. The van der Waals surface area contributed by atoms with Crippen LogP contribution in [0.15, 0.2) is 0 Å². The Morgan fingerprint density at radius 3 is 2.32 bits per heavy atom. The van der Waals surface area contributed by atoms with Crippen molar-refractivity contribution in [3.63, 3.8) is 0 Å². The van der Waals surface area contributed by atoms with Crippen LogP contribution in [0.3, 0.4) is 0 Å². The van der Waals surface area contributed by atoms with E-state index in [1.807, 2.05) is 0 Å². The molecule has 1 saturated carbocycles. The topological polar surface area (TPSA) is 24.5 Å². The van der Waals surface area contributed by atoms with Gasteiger partial charge >= 0.3 is 0 Å². The highest BCUT2D eigenvalue weighted by Gasteiger charge is 2.45. The van der Waals surface area contributed by atoms with Gasteiger partial charge in [-0.2, -0.15) is 0 Å². The Labute approximate surface area is 119 Å². The van der Waals surface area contributed by atoms with Gasteiger partial charge in [0.1, 0.15) is 0 Å². The van der Waals surface area contributed by atoms with E-state index in [9.17, 15) is 0 Å². The largest absolute Gasteiger partial charge is 0.368 e. The van der Waals surface area contributed by atoms with E-state index in [1.165, 1.54) is 25.7 Å². The second-order valence-corrected chi connectivity index (χ2v) is 7.59. The lowest BCUT2D eigenvalue weighted by Crippen LogP contribution is -2.46. The molecule has 2 fully saturated rings. The molecule has 0 aromatic rings. The van der Waals surface area contributed by atoms with Crippen LogP contribution in [0.2, 0.25) is 0 Å². The van der Waals surface area contributed by atoms with Crippen molar-refractivity contribution in [2.24, 2.45) is 0 Å². The van der Waals surface area contributed by atoms with Crippen LogP contribution in [-0.2, 0) is 4.74 Å². The van der Waals surface area contributed by atoms with Gasteiger partial charge in [0.25, 0.3) is 0 Å².